The van der Waals surface area contributed by atoms with Gasteiger partial charge in [-0.25, -0.2) is 0 Å². The van der Waals surface area contributed by atoms with Crippen molar-refractivity contribution in [3.8, 4) is 11.4 Å². The monoisotopic (exact) mass is 362 g/mol. The van der Waals surface area contributed by atoms with Gasteiger partial charge >= 0.3 is 5.97 Å². The number of aromatic nitrogens is 3. The molecule has 0 saturated heterocycles. The van der Waals surface area contributed by atoms with Crippen LogP contribution in [-0.4, -0.2) is 46.2 Å². The highest BCUT2D eigenvalue weighted by atomic mass is 32.2. The summed E-state index contributed by atoms with van der Waals surface area (Å²) >= 11 is 1.36. The summed E-state index contributed by atoms with van der Waals surface area (Å²) in [5, 5.41) is 9.30. The second-order valence-electron chi connectivity index (χ2n) is 5.36. The summed E-state index contributed by atoms with van der Waals surface area (Å²) in [6.07, 6.45) is 0. The number of rotatable bonds is 9. The van der Waals surface area contributed by atoms with Crippen LogP contribution in [0.4, 0.5) is 5.69 Å². The molecular weight excluding hydrogens is 336 g/mol. The number of anilines is 1. The van der Waals surface area contributed by atoms with E-state index < -0.39 is 0 Å². The van der Waals surface area contributed by atoms with Crippen LogP contribution in [0.25, 0.3) is 11.4 Å². The zero-order chi connectivity index (χ0) is 18.2. The predicted octanol–water partition coefficient (Wildman–Crippen LogP) is 3.47. The minimum atomic E-state index is -0.233. The first-order valence-electron chi connectivity index (χ1n) is 8.71. The molecule has 25 heavy (non-hydrogen) atoms. The Hall–Kier alpha value is -2.02. The fourth-order valence-corrected chi connectivity index (χ4v) is 3.43. The van der Waals surface area contributed by atoms with Gasteiger partial charge in [0.05, 0.1) is 12.4 Å². The maximum absolute atomic E-state index is 11.5. The molecule has 0 unspecified atom stereocenters. The molecule has 7 heteroatoms. The summed E-state index contributed by atoms with van der Waals surface area (Å²) in [6, 6.07) is 8.37. The second-order valence-corrected chi connectivity index (χ2v) is 6.31. The van der Waals surface area contributed by atoms with Crippen LogP contribution in [0, 0.1) is 0 Å². The van der Waals surface area contributed by atoms with E-state index in [4.69, 9.17) is 4.74 Å². The highest BCUT2D eigenvalue weighted by Crippen LogP contribution is 2.26. The van der Waals surface area contributed by atoms with Crippen molar-refractivity contribution in [3.63, 3.8) is 0 Å². The van der Waals surface area contributed by atoms with Gasteiger partial charge in [-0.15, -0.1) is 10.2 Å². The van der Waals surface area contributed by atoms with Gasteiger partial charge in [-0.2, -0.15) is 0 Å². The lowest BCUT2D eigenvalue weighted by molar-refractivity contribution is -0.139. The van der Waals surface area contributed by atoms with Gasteiger partial charge in [0.2, 0.25) is 0 Å². The Morgan fingerprint density at radius 3 is 2.36 bits per heavy atom. The molecule has 0 spiro atoms. The number of hydrogen-bond donors (Lipinski definition) is 0. The molecule has 0 amide bonds. The number of hydrogen-bond acceptors (Lipinski definition) is 6. The molecule has 1 aromatic heterocycles. The first kappa shape index (κ1) is 19.3. The van der Waals surface area contributed by atoms with E-state index in [0.717, 1.165) is 36.2 Å². The lowest BCUT2D eigenvalue weighted by atomic mass is 10.2. The van der Waals surface area contributed by atoms with Crippen LogP contribution >= 0.6 is 11.8 Å². The van der Waals surface area contributed by atoms with Crippen LogP contribution in [0.5, 0.6) is 0 Å². The number of ether oxygens (including phenoxy) is 1. The van der Waals surface area contributed by atoms with E-state index in [0.29, 0.717) is 6.61 Å². The fraction of sp³-hybridized carbons (Fsp3) is 0.500. The maximum atomic E-state index is 11.5. The zero-order valence-electron chi connectivity index (χ0n) is 15.4. The van der Waals surface area contributed by atoms with Crippen molar-refractivity contribution in [2.45, 2.75) is 39.4 Å². The molecular formula is C18H26N4O2S. The summed E-state index contributed by atoms with van der Waals surface area (Å²) < 4.78 is 6.99. The Bertz CT molecular complexity index is 681. The molecule has 2 rings (SSSR count). The van der Waals surface area contributed by atoms with Gasteiger partial charge in [-0.3, -0.25) is 4.79 Å². The summed E-state index contributed by atoms with van der Waals surface area (Å²) in [5.41, 5.74) is 2.22. The van der Waals surface area contributed by atoms with E-state index in [1.54, 1.807) is 6.92 Å². The molecule has 1 heterocycles. The number of carbonyl (C=O) groups is 1. The van der Waals surface area contributed by atoms with Crippen LogP contribution in [0.1, 0.15) is 27.7 Å². The molecule has 0 fully saturated rings. The lowest BCUT2D eigenvalue weighted by Gasteiger charge is -2.21. The van der Waals surface area contributed by atoms with E-state index in [1.165, 1.54) is 17.4 Å². The third-order valence-corrected chi connectivity index (χ3v) is 4.85. The summed E-state index contributed by atoms with van der Waals surface area (Å²) in [5.74, 6) is 0.829. The average molecular weight is 362 g/mol. The minimum Gasteiger partial charge on any atom is -0.465 e. The van der Waals surface area contributed by atoms with Crippen LogP contribution in [0.2, 0.25) is 0 Å². The van der Waals surface area contributed by atoms with Crippen LogP contribution < -0.4 is 4.90 Å². The Kier molecular flexibility index (Phi) is 7.31. The molecule has 0 aliphatic heterocycles. The molecule has 0 radical (unpaired) electrons. The molecule has 0 atom stereocenters. The van der Waals surface area contributed by atoms with Crippen molar-refractivity contribution in [2.24, 2.45) is 0 Å². The van der Waals surface area contributed by atoms with Gasteiger partial charge in [0.25, 0.3) is 0 Å². The summed E-state index contributed by atoms with van der Waals surface area (Å²) in [6.45, 7) is 11.2. The number of benzene rings is 1. The SMILES string of the molecule is CCOC(=O)CSc1nnc(-c2ccc(N(CC)CC)cc2)n1CC. The van der Waals surface area contributed by atoms with Crippen molar-refractivity contribution in [1.82, 2.24) is 14.8 Å². The van der Waals surface area contributed by atoms with Gasteiger partial charge in [0.1, 0.15) is 0 Å². The van der Waals surface area contributed by atoms with E-state index in [1.807, 2.05) is 11.5 Å². The van der Waals surface area contributed by atoms with Gasteiger partial charge in [0, 0.05) is 30.9 Å². The number of thioether (sulfide) groups is 1. The number of esters is 1. The van der Waals surface area contributed by atoms with Crippen molar-refractivity contribution < 1.29 is 9.53 Å². The molecule has 0 bridgehead atoms. The Morgan fingerprint density at radius 2 is 1.80 bits per heavy atom. The smallest absolute Gasteiger partial charge is 0.316 e. The zero-order valence-corrected chi connectivity index (χ0v) is 16.2. The molecule has 2 aromatic rings. The molecule has 136 valence electrons. The minimum absolute atomic E-state index is 0.233. The molecule has 1 aromatic carbocycles. The fourth-order valence-electron chi connectivity index (χ4n) is 2.63. The Morgan fingerprint density at radius 1 is 1.12 bits per heavy atom. The van der Waals surface area contributed by atoms with E-state index in [-0.39, 0.29) is 11.7 Å². The van der Waals surface area contributed by atoms with E-state index in [9.17, 15) is 4.79 Å². The molecule has 6 nitrogen and oxygen atoms in total. The molecule has 0 saturated carbocycles. The highest BCUT2D eigenvalue weighted by Gasteiger charge is 2.15. The first-order chi connectivity index (χ1) is 12.1. The summed E-state index contributed by atoms with van der Waals surface area (Å²) in [4.78, 5) is 13.8. The molecule has 0 aliphatic carbocycles. The van der Waals surface area contributed by atoms with E-state index >= 15 is 0 Å². The predicted molar refractivity (Wildman–Crippen MR) is 102 cm³/mol. The van der Waals surface area contributed by atoms with Gasteiger partial charge in [-0.05, 0) is 52.0 Å². The third-order valence-electron chi connectivity index (χ3n) is 3.91. The van der Waals surface area contributed by atoms with Gasteiger partial charge in [0.15, 0.2) is 11.0 Å². The second kappa shape index (κ2) is 9.46. The Balaban J connectivity index is 2.18. The van der Waals surface area contributed by atoms with Gasteiger partial charge < -0.3 is 14.2 Å². The lowest BCUT2D eigenvalue weighted by Crippen LogP contribution is -2.21. The number of nitrogens with zero attached hydrogens (tertiary/aromatic N) is 4. The largest absolute Gasteiger partial charge is 0.465 e. The highest BCUT2D eigenvalue weighted by molar-refractivity contribution is 7.99. The topological polar surface area (TPSA) is 60.2 Å². The first-order valence-corrected chi connectivity index (χ1v) is 9.70. The molecule has 0 N–H and O–H groups in total. The third kappa shape index (κ3) is 4.75. The van der Waals surface area contributed by atoms with Crippen molar-refractivity contribution in [1.29, 1.82) is 0 Å². The van der Waals surface area contributed by atoms with E-state index in [2.05, 4.69) is 53.2 Å². The van der Waals surface area contributed by atoms with Crippen LogP contribution in [0.3, 0.4) is 0 Å². The van der Waals surface area contributed by atoms with Crippen molar-refractivity contribution >= 4 is 23.4 Å². The quantitative estimate of drug-likeness (QED) is 0.503. The Labute approximate surface area is 153 Å². The average Bonchev–Trinajstić information content (AvgIpc) is 3.05. The van der Waals surface area contributed by atoms with Crippen molar-refractivity contribution in [2.75, 3.05) is 30.3 Å². The van der Waals surface area contributed by atoms with Crippen LogP contribution in [0.15, 0.2) is 29.4 Å². The summed E-state index contributed by atoms with van der Waals surface area (Å²) in [7, 11) is 0. The number of carbonyl (C=O) groups excluding carboxylic acids is 1. The van der Waals surface area contributed by atoms with Crippen molar-refractivity contribution in [3.05, 3.63) is 24.3 Å². The van der Waals surface area contributed by atoms with Crippen LogP contribution in [-0.2, 0) is 16.1 Å². The van der Waals surface area contributed by atoms with Gasteiger partial charge in [-0.1, -0.05) is 11.8 Å². The normalized spacial score (nSPS) is 10.7. The maximum Gasteiger partial charge on any atom is 0.316 e. The standard InChI is InChI=1S/C18H26N4O2S/c1-5-21(6-2)15-11-9-14(10-12-15)17-19-20-18(22(17)7-3)25-13-16(23)24-8-4/h9-12H,5-8,13H2,1-4H3. The molecule has 0 aliphatic rings.